The highest BCUT2D eigenvalue weighted by Gasteiger charge is 2.25. The van der Waals surface area contributed by atoms with Crippen LogP contribution in [0.5, 0.6) is 5.75 Å². The molecule has 2 aromatic carbocycles. The van der Waals surface area contributed by atoms with Gasteiger partial charge in [-0.25, -0.2) is 0 Å². The van der Waals surface area contributed by atoms with Crippen LogP contribution in [0.4, 0.5) is 0 Å². The maximum atomic E-state index is 11.2. The molecule has 4 nitrogen and oxygen atoms in total. The summed E-state index contributed by atoms with van der Waals surface area (Å²) in [5.74, 6) is 0.574. The Hall–Kier alpha value is -2.07. The highest BCUT2D eigenvalue weighted by Crippen LogP contribution is 2.31. The van der Waals surface area contributed by atoms with Crippen molar-refractivity contribution in [3.05, 3.63) is 42.0 Å². The molecule has 25 heavy (non-hydrogen) atoms. The minimum absolute atomic E-state index is 0.194. The number of rotatable bonds is 6. The number of benzene rings is 2. The van der Waals surface area contributed by atoms with E-state index in [1.807, 2.05) is 0 Å². The van der Waals surface area contributed by atoms with Crippen molar-refractivity contribution >= 4 is 16.7 Å². The predicted molar refractivity (Wildman–Crippen MR) is 99.9 cm³/mol. The third-order valence-electron chi connectivity index (χ3n) is 4.89. The van der Waals surface area contributed by atoms with Gasteiger partial charge in [-0.1, -0.05) is 44.2 Å². The van der Waals surface area contributed by atoms with Crippen LogP contribution in [0.2, 0.25) is 0 Å². The lowest BCUT2D eigenvalue weighted by atomic mass is 9.96. The van der Waals surface area contributed by atoms with Gasteiger partial charge in [0.2, 0.25) is 0 Å². The molecule has 1 aliphatic rings. The molecule has 0 amide bonds. The zero-order valence-corrected chi connectivity index (χ0v) is 15.1. The predicted octanol–water partition coefficient (Wildman–Crippen LogP) is 4.17. The second-order valence-corrected chi connectivity index (χ2v) is 7.36. The molecule has 0 radical (unpaired) electrons. The zero-order valence-electron chi connectivity index (χ0n) is 15.1. The van der Waals surface area contributed by atoms with E-state index in [4.69, 9.17) is 4.74 Å². The number of fused-ring (bicyclic) bond motifs is 1. The van der Waals surface area contributed by atoms with E-state index in [0.717, 1.165) is 38.2 Å². The molecule has 0 saturated carbocycles. The summed E-state index contributed by atoms with van der Waals surface area (Å²) >= 11 is 0. The Balaban J connectivity index is 1.83. The number of hydrogen-bond donors (Lipinski definition) is 1. The van der Waals surface area contributed by atoms with Crippen molar-refractivity contribution in [2.75, 3.05) is 19.7 Å². The van der Waals surface area contributed by atoms with E-state index in [1.165, 1.54) is 16.3 Å². The normalized spacial score (nSPS) is 16.4. The molecule has 4 heteroatoms. The number of nitrogens with zero attached hydrogens (tertiary/aromatic N) is 1. The van der Waals surface area contributed by atoms with Crippen LogP contribution in [-0.2, 0) is 11.3 Å². The van der Waals surface area contributed by atoms with Gasteiger partial charge in [0.25, 0.3) is 0 Å². The van der Waals surface area contributed by atoms with Crippen molar-refractivity contribution in [2.45, 2.75) is 33.2 Å². The van der Waals surface area contributed by atoms with E-state index in [2.05, 4.69) is 55.1 Å². The van der Waals surface area contributed by atoms with Gasteiger partial charge in [0.15, 0.2) is 0 Å². The maximum Gasteiger partial charge on any atom is 0.306 e. The lowest BCUT2D eigenvalue weighted by molar-refractivity contribution is -0.143. The summed E-state index contributed by atoms with van der Waals surface area (Å²) in [7, 11) is 0. The average molecular weight is 341 g/mol. The molecule has 2 aromatic rings. The second kappa shape index (κ2) is 7.87. The largest absolute Gasteiger partial charge is 0.493 e. The zero-order chi connectivity index (χ0) is 17.8. The van der Waals surface area contributed by atoms with Gasteiger partial charge in [0, 0.05) is 12.1 Å². The first-order valence-electron chi connectivity index (χ1n) is 9.13. The monoisotopic (exact) mass is 341 g/mol. The minimum atomic E-state index is -0.661. The van der Waals surface area contributed by atoms with Crippen molar-refractivity contribution in [1.82, 2.24) is 4.90 Å². The number of aliphatic carboxylic acids is 1. The van der Waals surface area contributed by atoms with Crippen LogP contribution in [0.3, 0.4) is 0 Å². The van der Waals surface area contributed by atoms with Crippen LogP contribution in [0, 0.1) is 11.8 Å². The molecule has 1 aliphatic heterocycles. The van der Waals surface area contributed by atoms with Crippen LogP contribution in [0.25, 0.3) is 10.8 Å². The molecular formula is C21H27NO3. The first-order valence-corrected chi connectivity index (χ1v) is 9.13. The first-order chi connectivity index (χ1) is 12.0. The van der Waals surface area contributed by atoms with Crippen molar-refractivity contribution in [1.29, 1.82) is 0 Å². The molecule has 1 heterocycles. The molecule has 1 fully saturated rings. The number of piperidine rings is 1. The quantitative estimate of drug-likeness (QED) is 0.857. The van der Waals surface area contributed by atoms with E-state index >= 15 is 0 Å². The molecule has 1 saturated heterocycles. The summed E-state index contributed by atoms with van der Waals surface area (Å²) in [6.07, 6.45) is 1.45. The standard InChI is InChI=1S/C21H27NO3/c1-15(2)14-25-20-8-7-16-5-3-4-6-18(16)19(20)13-22-11-9-17(10-12-22)21(23)24/h3-8,15,17H,9-14H2,1-2H3,(H,23,24). The highest BCUT2D eigenvalue weighted by molar-refractivity contribution is 5.87. The van der Waals surface area contributed by atoms with Gasteiger partial charge >= 0.3 is 5.97 Å². The Morgan fingerprint density at radius 2 is 1.92 bits per heavy atom. The Morgan fingerprint density at radius 3 is 2.60 bits per heavy atom. The molecular weight excluding hydrogens is 314 g/mol. The second-order valence-electron chi connectivity index (χ2n) is 7.36. The van der Waals surface area contributed by atoms with Gasteiger partial charge in [0.1, 0.15) is 5.75 Å². The summed E-state index contributed by atoms with van der Waals surface area (Å²) in [6.45, 7) is 7.45. The Labute approximate surface area is 149 Å². The van der Waals surface area contributed by atoms with Gasteiger partial charge in [-0.3, -0.25) is 9.69 Å². The van der Waals surface area contributed by atoms with E-state index in [1.54, 1.807) is 0 Å². The maximum absolute atomic E-state index is 11.2. The number of carboxylic acids is 1. The van der Waals surface area contributed by atoms with E-state index in [-0.39, 0.29) is 5.92 Å². The number of carbonyl (C=O) groups is 1. The molecule has 1 N–H and O–H groups in total. The highest BCUT2D eigenvalue weighted by atomic mass is 16.5. The van der Waals surface area contributed by atoms with Gasteiger partial charge < -0.3 is 9.84 Å². The van der Waals surface area contributed by atoms with Crippen molar-refractivity contribution in [3.8, 4) is 5.75 Å². The van der Waals surface area contributed by atoms with E-state index in [9.17, 15) is 9.90 Å². The molecule has 0 bridgehead atoms. The summed E-state index contributed by atoms with van der Waals surface area (Å²) in [5, 5.41) is 11.6. The van der Waals surface area contributed by atoms with Gasteiger partial charge in [-0.15, -0.1) is 0 Å². The SMILES string of the molecule is CC(C)COc1ccc2ccccc2c1CN1CCC(C(=O)O)CC1. The van der Waals surface area contributed by atoms with Crippen molar-refractivity contribution in [2.24, 2.45) is 11.8 Å². The molecule has 0 spiro atoms. The van der Waals surface area contributed by atoms with Gasteiger partial charge in [0.05, 0.1) is 12.5 Å². The van der Waals surface area contributed by atoms with Gasteiger partial charge in [-0.05, 0) is 48.7 Å². The molecule has 0 aliphatic carbocycles. The third kappa shape index (κ3) is 4.31. The topological polar surface area (TPSA) is 49.8 Å². The minimum Gasteiger partial charge on any atom is -0.493 e. The van der Waals surface area contributed by atoms with Crippen LogP contribution < -0.4 is 4.74 Å². The number of carboxylic acid groups (broad SMARTS) is 1. The van der Waals surface area contributed by atoms with Crippen LogP contribution in [0.15, 0.2) is 36.4 Å². The fourth-order valence-corrected chi connectivity index (χ4v) is 3.43. The lowest BCUT2D eigenvalue weighted by Gasteiger charge is -2.31. The van der Waals surface area contributed by atoms with E-state index in [0.29, 0.717) is 12.5 Å². The number of ether oxygens (including phenoxy) is 1. The van der Waals surface area contributed by atoms with Crippen LogP contribution in [0.1, 0.15) is 32.3 Å². The lowest BCUT2D eigenvalue weighted by Crippen LogP contribution is -2.36. The third-order valence-corrected chi connectivity index (χ3v) is 4.89. The molecule has 0 unspecified atom stereocenters. The summed E-state index contributed by atoms with van der Waals surface area (Å²) < 4.78 is 6.09. The Morgan fingerprint density at radius 1 is 1.20 bits per heavy atom. The van der Waals surface area contributed by atoms with Crippen LogP contribution in [-0.4, -0.2) is 35.7 Å². The molecule has 134 valence electrons. The Kier molecular flexibility index (Phi) is 5.59. The fourth-order valence-electron chi connectivity index (χ4n) is 3.43. The molecule has 0 aromatic heterocycles. The van der Waals surface area contributed by atoms with Crippen LogP contribution >= 0.6 is 0 Å². The first kappa shape index (κ1) is 17.7. The fraction of sp³-hybridized carbons (Fsp3) is 0.476. The number of likely N-dealkylation sites (tertiary alicyclic amines) is 1. The van der Waals surface area contributed by atoms with Gasteiger partial charge in [-0.2, -0.15) is 0 Å². The summed E-state index contributed by atoms with van der Waals surface area (Å²) in [6, 6.07) is 12.6. The number of hydrogen-bond acceptors (Lipinski definition) is 3. The molecule has 3 rings (SSSR count). The molecule has 0 atom stereocenters. The van der Waals surface area contributed by atoms with E-state index < -0.39 is 5.97 Å². The van der Waals surface area contributed by atoms with Crippen molar-refractivity contribution < 1.29 is 14.6 Å². The van der Waals surface area contributed by atoms with Crippen molar-refractivity contribution in [3.63, 3.8) is 0 Å². The summed E-state index contributed by atoms with van der Waals surface area (Å²) in [4.78, 5) is 13.5. The smallest absolute Gasteiger partial charge is 0.306 e. The Bertz CT molecular complexity index is 733. The summed E-state index contributed by atoms with van der Waals surface area (Å²) in [5.41, 5.74) is 1.22. The average Bonchev–Trinajstić information content (AvgIpc) is 2.61.